The van der Waals surface area contributed by atoms with Crippen LogP contribution in [0.1, 0.15) is 83.1 Å². The number of halogens is 1. The van der Waals surface area contributed by atoms with Crippen molar-refractivity contribution >= 4 is 0 Å². The van der Waals surface area contributed by atoms with Crippen LogP contribution < -0.4 is 0 Å². The van der Waals surface area contributed by atoms with E-state index in [9.17, 15) is 4.39 Å². The molecule has 0 heterocycles. The first-order valence-corrected chi connectivity index (χ1v) is 8.03. The van der Waals surface area contributed by atoms with Crippen molar-refractivity contribution in [2.75, 3.05) is 0 Å². The number of unbranched alkanes of at least 4 members (excludes halogenated alkanes) is 5. The summed E-state index contributed by atoms with van der Waals surface area (Å²) >= 11 is 0. The summed E-state index contributed by atoms with van der Waals surface area (Å²) in [6.45, 7) is 4.48. The highest BCUT2D eigenvalue weighted by molar-refractivity contribution is 5.20. The van der Waals surface area contributed by atoms with Crippen LogP contribution in [0.5, 0.6) is 0 Å². The topological polar surface area (TPSA) is 0 Å². The first-order valence-electron chi connectivity index (χ1n) is 8.03. The minimum atomic E-state index is -0.0912. The van der Waals surface area contributed by atoms with Crippen molar-refractivity contribution in [1.82, 2.24) is 0 Å². The van der Waals surface area contributed by atoms with Crippen LogP contribution in [0.3, 0.4) is 0 Å². The summed E-state index contributed by atoms with van der Waals surface area (Å²) in [5.74, 6) is 0.464. The molecule has 0 aromatic heterocycles. The zero-order valence-electron chi connectivity index (χ0n) is 12.6. The average molecular weight is 264 g/mol. The molecule has 0 N–H and O–H groups in total. The van der Waals surface area contributed by atoms with Crippen LogP contribution in [0.4, 0.5) is 4.39 Å². The van der Waals surface area contributed by atoms with Crippen molar-refractivity contribution in [2.45, 2.75) is 77.6 Å². The van der Waals surface area contributed by atoms with Gasteiger partial charge in [-0.2, -0.15) is 0 Å². The van der Waals surface area contributed by atoms with E-state index in [1.54, 1.807) is 12.1 Å². The number of rotatable bonds is 10. The fourth-order valence-corrected chi connectivity index (χ4v) is 2.70. The van der Waals surface area contributed by atoms with Crippen molar-refractivity contribution in [3.8, 4) is 0 Å². The van der Waals surface area contributed by atoms with E-state index in [0.717, 1.165) is 0 Å². The summed E-state index contributed by atoms with van der Waals surface area (Å²) in [5.41, 5.74) is 1.20. The van der Waals surface area contributed by atoms with E-state index in [-0.39, 0.29) is 5.82 Å². The van der Waals surface area contributed by atoms with Gasteiger partial charge in [-0.05, 0) is 36.5 Å². The molecule has 0 aliphatic heterocycles. The minimum absolute atomic E-state index is 0.0912. The summed E-state index contributed by atoms with van der Waals surface area (Å²) in [6, 6.07) is 7.23. The quantitative estimate of drug-likeness (QED) is 0.425. The Morgan fingerprint density at radius 3 is 2.16 bits per heavy atom. The summed E-state index contributed by atoms with van der Waals surface area (Å²) in [7, 11) is 0. The molecule has 19 heavy (non-hydrogen) atoms. The molecule has 1 aromatic rings. The van der Waals surface area contributed by atoms with Gasteiger partial charge in [0, 0.05) is 0 Å². The maximum absolute atomic E-state index is 13.4. The van der Waals surface area contributed by atoms with Gasteiger partial charge in [0.15, 0.2) is 0 Å². The molecule has 108 valence electrons. The first kappa shape index (κ1) is 16.2. The SMILES string of the molecule is CCCCCCC(CCCCC)c1cccc(F)c1. The lowest BCUT2D eigenvalue weighted by molar-refractivity contribution is 0.498. The molecule has 1 rings (SSSR count). The number of hydrogen-bond donors (Lipinski definition) is 0. The molecule has 0 saturated heterocycles. The third kappa shape index (κ3) is 6.75. The van der Waals surface area contributed by atoms with Gasteiger partial charge in [0.05, 0.1) is 0 Å². The number of benzene rings is 1. The highest BCUT2D eigenvalue weighted by Gasteiger charge is 2.11. The number of hydrogen-bond acceptors (Lipinski definition) is 0. The van der Waals surface area contributed by atoms with Crippen molar-refractivity contribution in [3.63, 3.8) is 0 Å². The molecule has 1 aromatic carbocycles. The zero-order valence-corrected chi connectivity index (χ0v) is 12.6. The maximum Gasteiger partial charge on any atom is 0.123 e. The second-order valence-corrected chi connectivity index (χ2v) is 5.60. The largest absolute Gasteiger partial charge is 0.207 e. The van der Waals surface area contributed by atoms with Crippen LogP contribution in [-0.2, 0) is 0 Å². The van der Waals surface area contributed by atoms with Gasteiger partial charge >= 0.3 is 0 Å². The van der Waals surface area contributed by atoms with Gasteiger partial charge in [0.2, 0.25) is 0 Å². The van der Waals surface area contributed by atoms with Gasteiger partial charge in [-0.3, -0.25) is 0 Å². The molecule has 0 saturated carbocycles. The first-order chi connectivity index (χ1) is 9.27. The molecule has 1 atom stereocenters. The second kappa shape index (κ2) is 10.00. The van der Waals surface area contributed by atoms with Crippen molar-refractivity contribution in [3.05, 3.63) is 35.6 Å². The monoisotopic (exact) mass is 264 g/mol. The fourth-order valence-electron chi connectivity index (χ4n) is 2.70. The maximum atomic E-state index is 13.4. The summed E-state index contributed by atoms with van der Waals surface area (Å²) in [6.07, 6.45) is 11.4. The molecule has 0 aliphatic rings. The Kier molecular flexibility index (Phi) is 8.53. The summed E-state index contributed by atoms with van der Waals surface area (Å²) in [5, 5.41) is 0. The molecular formula is C18H29F. The molecule has 0 nitrogen and oxygen atoms in total. The second-order valence-electron chi connectivity index (χ2n) is 5.60. The Morgan fingerprint density at radius 2 is 1.53 bits per heavy atom. The molecule has 0 fully saturated rings. The van der Waals surface area contributed by atoms with Gasteiger partial charge in [-0.25, -0.2) is 4.39 Å². The molecule has 0 aliphatic carbocycles. The van der Waals surface area contributed by atoms with Gasteiger partial charge in [0.25, 0.3) is 0 Å². The third-order valence-electron chi connectivity index (χ3n) is 3.88. The van der Waals surface area contributed by atoms with Gasteiger partial charge in [-0.15, -0.1) is 0 Å². The van der Waals surface area contributed by atoms with Crippen molar-refractivity contribution in [2.24, 2.45) is 0 Å². The van der Waals surface area contributed by atoms with E-state index in [1.807, 2.05) is 6.07 Å². The van der Waals surface area contributed by atoms with E-state index in [2.05, 4.69) is 19.9 Å². The van der Waals surface area contributed by atoms with E-state index < -0.39 is 0 Å². The minimum Gasteiger partial charge on any atom is -0.207 e. The molecule has 0 spiro atoms. The van der Waals surface area contributed by atoms with E-state index >= 15 is 0 Å². The van der Waals surface area contributed by atoms with Crippen molar-refractivity contribution < 1.29 is 4.39 Å². The zero-order chi connectivity index (χ0) is 13.9. The Morgan fingerprint density at radius 1 is 0.895 bits per heavy atom. The Hall–Kier alpha value is -0.850. The highest BCUT2D eigenvalue weighted by Crippen LogP contribution is 2.28. The standard InChI is InChI=1S/C18H29F/c1-3-5-7-9-12-16(11-8-6-4-2)17-13-10-14-18(19)15-17/h10,13-16H,3-9,11-12H2,1-2H3. The van der Waals surface area contributed by atoms with Crippen LogP contribution in [-0.4, -0.2) is 0 Å². The highest BCUT2D eigenvalue weighted by atomic mass is 19.1. The molecule has 0 amide bonds. The third-order valence-corrected chi connectivity index (χ3v) is 3.88. The lowest BCUT2D eigenvalue weighted by atomic mass is 9.88. The lowest BCUT2D eigenvalue weighted by Crippen LogP contribution is -2.00. The normalized spacial score (nSPS) is 12.6. The smallest absolute Gasteiger partial charge is 0.123 e. The van der Waals surface area contributed by atoms with E-state index in [0.29, 0.717) is 5.92 Å². The Bertz CT molecular complexity index is 332. The molecular weight excluding hydrogens is 235 g/mol. The van der Waals surface area contributed by atoms with Crippen LogP contribution >= 0.6 is 0 Å². The van der Waals surface area contributed by atoms with Gasteiger partial charge < -0.3 is 0 Å². The van der Waals surface area contributed by atoms with Crippen LogP contribution in [0.15, 0.2) is 24.3 Å². The summed E-state index contributed by atoms with van der Waals surface area (Å²) < 4.78 is 13.4. The van der Waals surface area contributed by atoms with Crippen LogP contribution in [0, 0.1) is 5.82 Å². The van der Waals surface area contributed by atoms with E-state index in [4.69, 9.17) is 0 Å². The molecule has 1 heteroatoms. The van der Waals surface area contributed by atoms with E-state index in [1.165, 1.54) is 63.4 Å². The molecule has 0 bridgehead atoms. The van der Waals surface area contributed by atoms with Gasteiger partial charge in [-0.1, -0.05) is 70.9 Å². The van der Waals surface area contributed by atoms with Crippen LogP contribution in [0.25, 0.3) is 0 Å². The molecule has 0 radical (unpaired) electrons. The lowest BCUT2D eigenvalue weighted by Gasteiger charge is -2.17. The van der Waals surface area contributed by atoms with Gasteiger partial charge in [0.1, 0.15) is 5.82 Å². The summed E-state index contributed by atoms with van der Waals surface area (Å²) in [4.78, 5) is 0. The molecule has 1 unspecified atom stereocenters. The predicted molar refractivity (Wildman–Crippen MR) is 82.0 cm³/mol. The average Bonchev–Trinajstić information content (AvgIpc) is 2.41. The Labute approximate surface area is 118 Å². The van der Waals surface area contributed by atoms with Crippen LogP contribution in [0.2, 0.25) is 0 Å². The van der Waals surface area contributed by atoms with Crippen molar-refractivity contribution in [1.29, 1.82) is 0 Å². The predicted octanol–water partition coefficient (Wildman–Crippen LogP) is 6.46. The fraction of sp³-hybridized carbons (Fsp3) is 0.667. The Balaban J connectivity index is 2.52.